The molecule has 9 heteroatoms. The fraction of sp³-hybridized carbons (Fsp3) is 0.667. The molecule has 0 aromatic heterocycles. The van der Waals surface area contributed by atoms with Gasteiger partial charge >= 0.3 is 17.9 Å². The van der Waals surface area contributed by atoms with Crippen molar-refractivity contribution in [1.29, 1.82) is 0 Å². The molecule has 104 valence electrons. The SMILES string of the molecule is O=C(O)CN(CCO)CN(CC(=O)O)CC(=O)O. The first kappa shape index (κ1) is 16.3. The van der Waals surface area contributed by atoms with Crippen molar-refractivity contribution in [2.24, 2.45) is 0 Å². The van der Waals surface area contributed by atoms with Gasteiger partial charge in [0, 0.05) is 6.54 Å². The van der Waals surface area contributed by atoms with Crippen LogP contribution in [0.2, 0.25) is 0 Å². The summed E-state index contributed by atoms with van der Waals surface area (Å²) >= 11 is 0. The first-order valence-corrected chi connectivity index (χ1v) is 5.06. The second-order valence-corrected chi connectivity index (χ2v) is 3.59. The number of carbonyl (C=O) groups is 3. The zero-order valence-corrected chi connectivity index (χ0v) is 9.65. The van der Waals surface area contributed by atoms with Gasteiger partial charge in [-0.2, -0.15) is 0 Å². The summed E-state index contributed by atoms with van der Waals surface area (Å²) in [6.07, 6.45) is 0. The maximum absolute atomic E-state index is 10.5. The van der Waals surface area contributed by atoms with Gasteiger partial charge in [-0.1, -0.05) is 0 Å². The summed E-state index contributed by atoms with van der Waals surface area (Å²) in [5.41, 5.74) is 0. The van der Waals surface area contributed by atoms with E-state index in [2.05, 4.69) is 0 Å². The van der Waals surface area contributed by atoms with Crippen LogP contribution >= 0.6 is 0 Å². The van der Waals surface area contributed by atoms with E-state index in [1.165, 1.54) is 4.90 Å². The van der Waals surface area contributed by atoms with E-state index in [1.807, 2.05) is 0 Å². The summed E-state index contributed by atoms with van der Waals surface area (Å²) in [6, 6.07) is 0. The van der Waals surface area contributed by atoms with Gasteiger partial charge in [0.25, 0.3) is 0 Å². The lowest BCUT2D eigenvalue weighted by Crippen LogP contribution is -2.45. The Hall–Kier alpha value is -1.71. The number of hydrogen-bond donors (Lipinski definition) is 4. The summed E-state index contributed by atoms with van der Waals surface area (Å²) < 4.78 is 0. The number of aliphatic carboxylic acids is 3. The van der Waals surface area contributed by atoms with Crippen LogP contribution in [0.1, 0.15) is 0 Å². The van der Waals surface area contributed by atoms with Crippen LogP contribution in [0.3, 0.4) is 0 Å². The summed E-state index contributed by atoms with van der Waals surface area (Å²) in [6.45, 7) is -1.90. The molecule has 0 amide bonds. The zero-order chi connectivity index (χ0) is 14.1. The Morgan fingerprint density at radius 2 is 1.17 bits per heavy atom. The van der Waals surface area contributed by atoms with Crippen LogP contribution in [0.5, 0.6) is 0 Å². The van der Waals surface area contributed by atoms with Crippen LogP contribution in [0.25, 0.3) is 0 Å². The van der Waals surface area contributed by atoms with Gasteiger partial charge in [-0.3, -0.25) is 24.2 Å². The van der Waals surface area contributed by atoms with Crippen molar-refractivity contribution in [2.75, 3.05) is 39.5 Å². The van der Waals surface area contributed by atoms with Gasteiger partial charge in [0.2, 0.25) is 0 Å². The predicted octanol–water partition coefficient (Wildman–Crippen LogP) is -2.21. The van der Waals surface area contributed by atoms with Crippen molar-refractivity contribution in [3.8, 4) is 0 Å². The number of hydrogen-bond acceptors (Lipinski definition) is 6. The molecule has 0 rings (SSSR count). The Labute approximate surface area is 103 Å². The summed E-state index contributed by atoms with van der Waals surface area (Å²) in [5.74, 6) is -3.57. The fourth-order valence-electron chi connectivity index (χ4n) is 1.35. The van der Waals surface area contributed by atoms with Crippen LogP contribution in [-0.2, 0) is 14.4 Å². The second kappa shape index (κ2) is 8.39. The highest BCUT2D eigenvalue weighted by atomic mass is 16.4. The zero-order valence-electron chi connectivity index (χ0n) is 9.65. The van der Waals surface area contributed by atoms with E-state index in [4.69, 9.17) is 20.4 Å². The molecule has 18 heavy (non-hydrogen) atoms. The standard InChI is InChI=1S/C9H16N2O7/c12-2-1-10(3-7(13)14)6-11(4-8(15)16)5-9(17)18/h12H,1-6H2,(H,13,14)(H,15,16)(H,17,18). The summed E-state index contributed by atoms with van der Waals surface area (Å²) in [7, 11) is 0. The minimum Gasteiger partial charge on any atom is -0.480 e. The normalized spacial score (nSPS) is 10.8. The van der Waals surface area contributed by atoms with Crippen LogP contribution in [0.15, 0.2) is 0 Å². The van der Waals surface area contributed by atoms with Crippen LogP contribution in [0, 0.1) is 0 Å². The van der Waals surface area contributed by atoms with Crippen molar-refractivity contribution < 1.29 is 34.8 Å². The molecule has 0 aliphatic rings. The molecule has 9 nitrogen and oxygen atoms in total. The fourth-order valence-corrected chi connectivity index (χ4v) is 1.35. The van der Waals surface area contributed by atoms with Crippen molar-refractivity contribution in [2.45, 2.75) is 0 Å². The molecule has 0 aliphatic heterocycles. The molecule has 0 atom stereocenters. The number of nitrogens with zero attached hydrogens (tertiary/aromatic N) is 2. The Balaban J connectivity index is 4.50. The highest BCUT2D eigenvalue weighted by Crippen LogP contribution is 1.95. The minimum atomic E-state index is -1.21. The van der Waals surface area contributed by atoms with Crippen molar-refractivity contribution in [3.63, 3.8) is 0 Å². The van der Waals surface area contributed by atoms with E-state index in [0.717, 1.165) is 4.90 Å². The largest absolute Gasteiger partial charge is 0.480 e. The maximum atomic E-state index is 10.5. The molecule has 0 unspecified atom stereocenters. The van der Waals surface area contributed by atoms with E-state index in [0.29, 0.717) is 0 Å². The lowest BCUT2D eigenvalue weighted by molar-refractivity contribution is -0.143. The maximum Gasteiger partial charge on any atom is 0.317 e. The highest BCUT2D eigenvalue weighted by molar-refractivity contribution is 5.72. The van der Waals surface area contributed by atoms with Gasteiger partial charge in [-0.05, 0) is 0 Å². The second-order valence-electron chi connectivity index (χ2n) is 3.59. The van der Waals surface area contributed by atoms with Gasteiger partial charge in [0.1, 0.15) is 0 Å². The average molecular weight is 264 g/mol. The Bertz CT molecular complexity index is 291. The van der Waals surface area contributed by atoms with Gasteiger partial charge < -0.3 is 20.4 Å². The molecular formula is C9H16N2O7. The van der Waals surface area contributed by atoms with E-state index in [-0.39, 0.29) is 19.8 Å². The van der Waals surface area contributed by atoms with E-state index < -0.39 is 37.5 Å². The van der Waals surface area contributed by atoms with E-state index in [1.54, 1.807) is 0 Å². The first-order chi connectivity index (χ1) is 8.35. The van der Waals surface area contributed by atoms with Gasteiger partial charge in [-0.15, -0.1) is 0 Å². The van der Waals surface area contributed by atoms with Crippen LogP contribution in [-0.4, -0.2) is 87.6 Å². The first-order valence-electron chi connectivity index (χ1n) is 5.06. The van der Waals surface area contributed by atoms with Gasteiger partial charge in [-0.25, -0.2) is 0 Å². The highest BCUT2D eigenvalue weighted by Gasteiger charge is 2.18. The number of aliphatic hydroxyl groups excluding tert-OH is 1. The van der Waals surface area contributed by atoms with E-state index >= 15 is 0 Å². The molecule has 0 fully saturated rings. The molecule has 4 N–H and O–H groups in total. The minimum absolute atomic E-state index is 0.0159. The monoisotopic (exact) mass is 264 g/mol. The number of aliphatic hydroxyl groups is 1. The molecule has 0 spiro atoms. The number of carboxylic acid groups (broad SMARTS) is 3. The predicted molar refractivity (Wildman–Crippen MR) is 58.0 cm³/mol. The third-order valence-electron chi connectivity index (χ3n) is 1.89. The molecule has 0 saturated carbocycles. The lowest BCUT2D eigenvalue weighted by Gasteiger charge is -2.26. The van der Waals surface area contributed by atoms with E-state index in [9.17, 15) is 14.4 Å². The molecular weight excluding hydrogens is 248 g/mol. The van der Waals surface area contributed by atoms with Crippen LogP contribution < -0.4 is 0 Å². The molecule has 0 aromatic rings. The Morgan fingerprint density at radius 3 is 1.50 bits per heavy atom. The summed E-state index contributed by atoms with van der Waals surface area (Å²) in [4.78, 5) is 33.9. The van der Waals surface area contributed by atoms with Crippen LogP contribution in [0.4, 0.5) is 0 Å². The van der Waals surface area contributed by atoms with Crippen molar-refractivity contribution >= 4 is 17.9 Å². The Morgan fingerprint density at radius 1 is 0.778 bits per heavy atom. The smallest absolute Gasteiger partial charge is 0.317 e. The quantitative estimate of drug-likeness (QED) is 0.323. The summed E-state index contributed by atoms with van der Waals surface area (Å²) in [5, 5.41) is 34.6. The lowest BCUT2D eigenvalue weighted by atomic mass is 10.4. The van der Waals surface area contributed by atoms with Gasteiger partial charge in [0.15, 0.2) is 0 Å². The Kier molecular flexibility index (Phi) is 7.59. The molecule has 0 heterocycles. The average Bonchev–Trinajstić information content (AvgIpc) is 2.13. The van der Waals surface area contributed by atoms with Gasteiger partial charge in [0.05, 0.1) is 32.9 Å². The van der Waals surface area contributed by atoms with Crippen molar-refractivity contribution in [1.82, 2.24) is 9.80 Å². The molecule has 0 aliphatic carbocycles. The number of carboxylic acids is 3. The number of rotatable bonds is 10. The third-order valence-corrected chi connectivity index (χ3v) is 1.89. The topological polar surface area (TPSA) is 139 Å². The molecule has 0 saturated heterocycles. The molecule has 0 bridgehead atoms. The molecule has 0 aromatic carbocycles. The third kappa shape index (κ3) is 8.44. The molecule has 0 radical (unpaired) electrons. The van der Waals surface area contributed by atoms with Crippen molar-refractivity contribution in [3.05, 3.63) is 0 Å².